The molecule has 3 nitrogen and oxygen atoms in total. The number of esters is 1. The summed E-state index contributed by atoms with van der Waals surface area (Å²) in [5.74, 6) is -0.508. The fourth-order valence-electron chi connectivity index (χ4n) is 1.68. The van der Waals surface area contributed by atoms with Crippen molar-refractivity contribution in [1.29, 1.82) is 0 Å². The first kappa shape index (κ1) is 15.8. The second kappa shape index (κ2) is 6.75. The Bertz CT molecular complexity index is 449. The molecular weight excluding hydrogens is 260 g/mol. The molecule has 0 saturated heterocycles. The molecule has 0 aromatic heterocycles. The Morgan fingerprint density at radius 2 is 1.79 bits per heavy atom. The maximum atomic E-state index is 12.3. The highest BCUT2D eigenvalue weighted by molar-refractivity contribution is 7.98. The minimum Gasteiger partial charge on any atom is -0.451 e. The van der Waals surface area contributed by atoms with Gasteiger partial charge in [-0.25, -0.2) is 0 Å². The fourth-order valence-corrected chi connectivity index (χ4v) is 2.08. The van der Waals surface area contributed by atoms with Crippen LogP contribution in [0.4, 0.5) is 0 Å². The minimum atomic E-state index is -1.12. The van der Waals surface area contributed by atoms with Crippen molar-refractivity contribution in [3.05, 3.63) is 29.8 Å². The molecule has 0 aliphatic rings. The normalized spacial score (nSPS) is 11.2. The van der Waals surface area contributed by atoms with Crippen molar-refractivity contribution < 1.29 is 14.3 Å². The second-order valence-electron chi connectivity index (χ2n) is 4.79. The van der Waals surface area contributed by atoms with Gasteiger partial charge in [-0.15, -0.1) is 11.8 Å². The molecule has 0 amide bonds. The van der Waals surface area contributed by atoms with Gasteiger partial charge in [0.2, 0.25) is 5.78 Å². The van der Waals surface area contributed by atoms with E-state index < -0.39 is 5.60 Å². The van der Waals surface area contributed by atoms with Gasteiger partial charge in [0.1, 0.15) is 0 Å². The average molecular weight is 280 g/mol. The number of hydrogen-bond donors (Lipinski definition) is 0. The van der Waals surface area contributed by atoms with E-state index in [1.54, 1.807) is 37.7 Å². The highest BCUT2D eigenvalue weighted by atomic mass is 32.2. The summed E-state index contributed by atoms with van der Waals surface area (Å²) in [6.45, 7) is 5.16. The number of ether oxygens (including phenoxy) is 1. The number of hydrogen-bond acceptors (Lipinski definition) is 4. The molecule has 0 radical (unpaired) electrons. The molecule has 1 aromatic carbocycles. The Labute approximate surface area is 118 Å². The molecule has 0 heterocycles. The van der Waals surface area contributed by atoms with Gasteiger partial charge in [0.25, 0.3) is 0 Å². The van der Waals surface area contributed by atoms with Crippen LogP contribution in [0, 0.1) is 0 Å². The summed E-state index contributed by atoms with van der Waals surface area (Å²) < 4.78 is 5.26. The lowest BCUT2D eigenvalue weighted by Crippen LogP contribution is -2.37. The zero-order valence-electron chi connectivity index (χ0n) is 11.9. The number of carbonyl (C=O) groups excluding carboxylic acids is 2. The number of benzene rings is 1. The largest absolute Gasteiger partial charge is 0.451 e. The summed E-state index contributed by atoms with van der Waals surface area (Å²) in [5.41, 5.74) is -0.556. The Morgan fingerprint density at radius 1 is 1.21 bits per heavy atom. The predicted octanol–water partition coefficient (Wildman–Crippen LogP) is 3.71. The third-order valence-electron chi connectivity index (χ3n) is 2.72. The van der Waals surface area contributed by atoms with Crippen molar-refractivity contribution >= 4 is 23.5 Å². The number of Topliss-reactive ketones (excluding diaryl/α,β-unsaturated/α-hetero) is 1. The number of carbonyl (C=O) groups is 2. The van der Waals surface area contributed by atoms with Crippen LogP contribution >= 0.6 is 11.8 Å². The van der Waals surface area contributed by atoms with Crippen LogP contribution in [0.25, 0.3) is 0 Å². The third kappa shape index (κ3) is 4.39. The van der Waals surface area contributed by atoms with Crippen LogP contribution in [0.1, 0.15) is 44.0 Å². The molecule has 0 unspecified atom stereocenters. The van der Waals surface area contributed by atoms with Gasteiger partial charge in [0.15, 0.2) is 5.60 Å². The number of rotatable bonds is 6. The van der Waals surface area contributed by atoms with Gasteiger partial charge in [-0.2, -0.15) is 0 Å². The highest BCUT2D eigenvalue weighted by Crippen LogP contribution is 2.21. The maximum absolute atomic E-state index is 12.3. The van der Waals surface area contributed by atoms with Crippen molar-refractivity contribution in [3.8, 4) is 0 Å². The standard InChI is InChI=1S/C15H20O3S/c1-5-6-13(16)18-15(2,3)14(17)11-7-9-12(19-4)10-8-11/h7-10H,5-6H2,1-4H3. The SMILES string of the molecule is CCCC(=O)OC(C)(C)C(=O)c1ccc(SC)cc1. The van der Waals surface area contributed by atoms with Gasteiger partial charge in [-0.3, -0.25) is 9.59 Å². The van der Waals surface area contributed by atoms with Crippen molar-refractivity contribution in [3.63, 3.8) is 0 Å². The van der Waals surface area contributed by atoms with Crippen LogP contribution in [-0.4, -0.2) is 23.6 Å². The summed E-state index contributed by atoms with van der Waals surface area (Å²) in [6, 6.07) is 7.32. The summed E-state index contributed by atoms with van der Waals surface area (Å²) >= 11 is 1.62. The smallest absolute Gasteiger partial charge is 0.306 e. The first-order chi connectivity index (χ1) is 8.90. The van der Waals surface area contributed by atoms with E-state index in [0.29, 0.717) is 18.4 Å². The molecule has 0 spiro atoms. The van der Waals surface area contributed by atoms with Crippen LogP contribution in [0.3, 0.4) is 0 Å². The average Bonchev–Trinajstić information content (AvgIpc) is 2.37. The van der Waals surface area contributed by atoms with Gasteiger partial charge in [0.05, 0.1) is 0 Å². The zero-order valence-corrected chi connectivity index (χ0v) is 12.7. The summed E-state index contributed by atoms with van der Waals surface area (Å²) in [4.78, 5) is 24.9. The lowest BCUT2D eigenvalue weighted by Gasteiger charge is -2.23. The lowest BCUT2D eigenvalue weighted by molar-refractivity contribution is -0.152. The van der Waals surface area contributed by atoms with E-state index in [9.17, 15) is 9.59 Å². The first-order valence-electron chi connectivity index (χ1n) is 6.31. The number of thioether (sulfide) groups is 1. The van der Waals surface area contributed by atoms with E-state index >= 15 is 0 Å². The Hall–Kier alpha value is -1.29. The van der Waals surface area contributed by atoms with Crippen molar-refractivity contribution in [2.24, 2.45) is 0 Å². The molecule has 19 heavy (non-hydrogen) atoms. The summed E-state index contributed by atoms with van der Waals surface area (Å²) in [5, 5.41) is 0. The van der Waals surface area contributed by atoms with Gasteiger partial charge in [0, 0.05) is 16.9 Å². The summed E-state index contributed by atoms with van der Waals surface area (Å²) in [7, 11) is 0. The molecular formula is C15H20O3S. The third-order valence-corrected chi connectivity index (χ3v) is 3.47. The van der Waals surface area contributed by atoms with Gasteiger partial charge in [-0.05, 0) is 38.7 Å². The molecule has 1 aromatic rings. The molecule has 0 N–H and O–H groups in total. The van der Waals surface area contributed by atoms with E-state index in [1.165, 1.54) is 0 Å². The highest BCUT2D eigenvalue weighted by Gasteiger charge is 2.32. The van der Waals surface area contributed by atoms with Crippen LogP contribution in [-0.2, 0) is 9.53 Å². The topological polar surface area (TPSA) is 43.4 Å². The molecule has 0 bridgehead atoms. The lowest BCUT2D eigenvalue weighted by atomic mass is 9.96. The van der Waals surface area contributed by atoms with Crippen LogP contribution in [0.15, 0.2) is 29.2 Å². The Morgan fingerprint density at radius 3 is 2.26 bits per heavy atom. The van der Waals surface area contributed by atoms with E-state index in [1.807, 2.05) is 25.3 Å². The molecule has 0 atom stereocenters. The Balaban J connectivity index is 2.81. The van der Waals surface area contributed by atoms with Crippen LogP contribution in [0.2, 0.25) is 0 Å². The molecule has 1 rings (SSSR count). The molecule has 4 heteroatoms. The summed E-state index contributed by atoms with van der Waals surface area (Å²) in [6.07, 6.45) is 3.03. The van der Waals surface area contributed by atoms with Crippen molar-refractivity contribution in [2.45, 2.75) is 44.1 Å². The van der Waals surface area contributed by atoms with E-state index in [4.69, 9.17) is 4.74 Å². The number of ketones is 1. The minimum absolute atomic E-state index is 0.176. The van der Waals surface area contributed by atoms with Crippen LogP contribution in [0.5, 0.6) is 0 Å². The first-order valence-corrected chi connectivity index (χ1v) is 7.54. The van der Waals surface area contributed by atoms with Crippen molar-refractivity contribution in [2.75, 3.05) is 6.26 Å². The van der Waals surface area contributed by atoms with Crippen molar-refractivity contribution in [1.82, 2.24) is 0 Å². The second-order valence-corrected chi connectivity index (χ2v) is 5.67. The van der Waals surface area contributed by atoms with E-state index in [-0.39, 0.29) is 11.8 Å². The van der Waals surface area contributed by atoms with E-state index in [0.717, 1.165) is 4.90 Å². The molecule has 0 fully saturated rings. The zero-order chi connectivity index (χ0) is 14.5. The van der Waals surface area contributed by atoms with E-state index in [2.05, 4.69) is 0 Å². The van der Waals surface area contributed by atoms with Gasteiger partial charge in [-0.1, -0.05) is 19.1 Å². The Kier molecular flexibility index (Phi) is 5.60. The predicted molar refractivity (Wildman–Crippen MR) is 77.6 cm³/mol. The monoisotopic (exact) mass is 280 g/mol. The molecule has 0 saturated carbocycles. The fraction of sp³-hybridized carbons (Fsp3) is 0.467. The van der Waals surface area contributed by atoms with Crippen LogP contribution < -0.4 is 0 Å². The maximum Gasteiger partial charge on any atom is 0.306 e. The van der Waals surface area contributed by atoms with Gasteiger partial charge >= 0.3 is 5.97 Å². The van der Waals surface area contributed by atoms with Gasteiger partial charge < -0.3 is 4.74 Å². The quantitative estimate of drug-likeness (QED) is 0.452. The molecule has 104 valence electrons. The molecule has 0 aliphatic heterocycles. The molecule has 0 aliphatic carbocycles.